The first-order chi connectivity index (χ1) is 10.8. The van der Waals surface area contributed by atoms with Crippen LogP contribution in [0.1, 0.15) is 22.8 Å². The van der Waals surface area contributed by atoms with E-state index in [1.165, 1.54) is 0 Å². The van der Waals surface area contributed by atoms with E-state index in [-0.39, 0.29) is 6.54 Å². The number of hydrogen-bond donors (Lipinski definition) is 2. The Morgan fingerprint density at radius 3 is 2.35 bits per heavy atom. The van der Waals surface area contributed by atoms with Crippen molar-refractivity contribution in [2.75, 3.05) is 6.54 Å². The fourth-order valence-electron chi connectivity index (χ4n) is 2.11. The van der Waals surface area contributed by atoms with Gasteiger partial charge in [0, 0.05) is 12.1 Å². The van der Waals surface area contributed by atoms with Crippen LogP contribution in [0, 0.1) is 18.6 Å². The number of benzene rings is 2. The van der Waals surface area contributed by atoms with Crippen molar-refractivity contribution in [1.82, 2.24) is 4.72 Å². The fraction of sp³-hybridized carbons (Fsp3) is 0.250. The predicted molar refractivity (Wildman–Crippen MR) is 83.1 cm³/mol. The van der Waals surface area contributed by atoms with Crippen molar-refractivity contribution < 1.29 is 22.3 Å². The van der Waals surface area contributed by atoms with Crippen LogP contribution in [-0.4, -0.2) is 20.1 Å². The SMILES string of the molecule is Cc1cccc([C@H](O)CNS(=O)(=O)Cc2c(F)cccc2F)c1. The van der Waals surface area contributed by atoms with Gasteiger partial charge in [-0.25, -0.2) is 21.9 Å². The minimum absolute atomic E-state index is 0.276. The summed E-state index contributed by atoms with van der Waals surface area (Å²) in [6, 6.07) is 10.2. The Labute approximate surface area is 133 Å². The highest BCUT2D eigenvalue weighted by Crippen LogP contribution is 2.16. The van der Waals surface area contributed by atoms with E-state index < -0.39 is 39.1 Å². The summed E-state index contributed by atoms with van der Waals surface area (Å²) in [6.45, 7) is 1.57. The molecule has 0 radical (unpaired) electrons. The normalized spacial score (nSPS) is 13.0. The molecule has 0 fully saturated rings. The number of aryl methyl sites for hydroxylation is 1. The second-order valence-corrected chi connectivity index (χ2v) is 7.04. The summed E-state index contributed by atoms with van der Waals surface area (Å²) in [4.78, 5) is 0. The number of sulfonamides is 1. The van der Waals surface area contributed by atoms with Crippen molar-refractivity contribution in [3.8, 4) is 0 Å². The lowest BCUT2D eigenvalue weighted by molar-refractivity contribution is 0.182. The molecule has 1 atom stereocenters. The monoisotopic (exact) mass is 341 g/mol. The van der Waals surface area contributed by atoms with Crippen LogP contribution in [-0.2, 0) is 15.8 Å². The Kier molecular flexibility index (Phi) is 5.46. The van der Waals surface area contributed by atoms with Gasteiger partial charge in [-0.15, -0.1) is 0 Å². The van der Waals surface area contributed by atoms with Crippen LogP contribution in [0.2, 0.25) is 0 Å². The molecule has 23 heavy (non-hydrogen) atoms. The summed E-state index contributed by atoms with van der Waals surface area (Å²) in [6.07, 6.45) is -1.05. The molecule has 0 aliphatic carbocycles. The molecule has 0 saturated heterocycles. The molecule has 2 N–H and O–H groups in total. The molecule has 0 aliphatic rings. The highest BCUT2D eigenvalue weighted by molar-refractivity contribution is 7.88. The van der Waals surface area contributed by atoms with E-state index in [9.17, 15) is 22.3 Å². The van der Waals surface area contributed by atoms with Crippen LogP contribution in [0.15, 0.2) is 42.5 Å². The summed E-state index contributed by atoms with van der Waals surface area (Å²) in [7, 11) is -3.98. The predicted octanol–water partition coefficient (Wildman–Crippen LogP) is 2.43. The van der Waals surface area contributed by atoms with Crippen LogP contribution in [0.4, 0.5) is 8.78 Å². The second-order valence-electron chi connectivity index (χ2n) is 5.24. The van der Waals surface area contributed by atoms with E-state index >= 15 is 0 Å². The maximum Gasteiger partial charge on any atom is 0.216 e. The zero-order valence-electron chi connectivity index (χ0n) is 12.5. The standard InChI is InChI=1S/C16H17F2NO3S/c1-11-4-2-5-12(8-11)16(20)9-19-23(21,22)10-13-14(17)6-3-7-15(13)18/h2-8,16,19-20H,9-10H2,1H3/t16-/m1/s1. The van der Waals surface area contributed by atoms with Crippen molar-refractivity contribution >= 4 is 10.0 Å². The van der Waals surface area contributed by atoms with Gasteiger partial charge < -0.3 is 5.11 Å². The van der Waals surface area contributed by atoms with Crippen LogP contribution in [0.5, 0.6) is 0 Å². The molecule has 0 spiro atoms. The Morgan fingerprint density at radius 1 is 1.13 bits per heavy atom. The van der Waals surface area contributed by atoms with Gasteiger partial charge in [0.25, 0.3) is 0 Å². The summed E-state index contributed by atoms with van der Waals surface area (Å²) < 4.78 is 53.1. The van der Waals surface area contributed by atoms with Gasteiger partial charge in [-0.2, -0.15) is 0 Å². The molecule has 0 heterocycles. The molecular weight excluding hydrogens is 324 g/mol. The van der Waals surface area contributed by atoms with E-state index in [1.807, 2.05) is 13.0 Å². The number of nitrogens with one attached hydrogen (secondary N) is 1. The van der Waals surface area contributed by atoms with E-state index in [1.54, 1.807) is 18.2 Å². The summed E-state index contributed by atoms with van der Waals surface area (Å²) in [5.41, 5.74) is 0.965. The molecule has 0 bridgehead atoms. The first kappa shape index (κ1) is 17.5. The van der Waals surface area contributed by atoms with Gasteiger partial charge in [0.2, 0.25) is 10.0 Å². The van der Waals surface area contributed by atoms with Crippen molar-refractivity contribution in [3.05, 3.63) is 70.8 Å². The fourth-order valence-corrected chi connectivity index (χ4v) is 3.28. The largest absolute Gasteiger partial charge is 0.387 e. The zero-order valence-corrected chi connectivity index (χ0v) is 13.3. The quantitative estimate of drug-likeness (QED) is 0.848. The van der Waals surface area contributed by atoms with Gasteiger partial charge in [0.1, 0.15) is 11.6 Å². The Morgan fingerprint density at radius 2 is 1.74 bits per heavy atom. The van der Waals surface area contributed by atoms with E-state index in [0.717, 1.165) is 23.8 Å². The van der Waals surface area contributed by atoms with Gasteiger partial charge in [-0.05, 0) is 24.6 Å². The number of halogens is 2. The molecule has 2 rings (SSSR count). The number of aliphatic hydroxyl groups excluding tert-OH is 1. The number of hydrogen-bond acceptors (Lipinski definition) is 3. The topological polar surface area (TPSA) is 66.4 Å². The Bertz CT molecular complexity index is 773. The van der Waals surface area contributed by atoms with Gasteiger partial charge in [0.15, 0.2) is 0 Å². The van der Waals surface area contributed by atoms with Crippen LogP contribution in [0.3, 0.4) is 0 Å². The lowest BCUT2D eigenvalue weighted by Gasteiger charge is -2.13. The molecular formula is C16H17F2NO3S. The first-order valence-corrected chi connectivity index (χ1v) is 8.58. The second kappa shape index (κ2) is 7.16. The van der Waals surface area contributed by atoms with Crippen molar-refractivity contribution in [1.29, 1.82) is 0 Å². The molecule has 4 nitrogen and oxygen atoms in total. The minimum Gasteiger partial charge on any atom is -0.387 e. The van der Waals surface area contributed by atoms with Crippen molar-refractivity contribution in [2.24, 2.45) is 0 Å². The van der Waals surface area contributed by atoms with Crippen molar-refractivity contribution in [3.63, 3.8) is 0 Å². The molecule has 0 amide bonds. The van der Waals surface area contributed by atoms with Gasteiger partial charge in [-0.3, -0.25) is 0 Å². The molecule has 2 aromatic rings. The van der Waals surface area contributed by atoms with E-state index in [2.05, 4.69) is 4.72 Å². The minimum atomic E-state index is -3.98. The number of aliphatic hydroxyl groups is 1. The van der Waals surface area contributed by atoms with Crippen molar-refractivity contribution in [2.45, 2.75) is 18.8 Å². The third-order valence-corrected chi connectivity index (χ3v) is 4.59. The Hall–Kier alpha value is -1.83. The van der Waals surface area contributed by atoms with E-state index in [0.29, 0.717) is 5.56 Å². The average molecular weight is 341 g/mol. The average Bonchev–Trinajstić information content (AvgIpc) is 2.49. The number of rotatable bonds is 6. The third kappa shape index (κ3) is 4.82. The molecule has 2 aromatic carbocycles. The maximum absolute atomic E-state index is 13.5. The summed E-state index contributed by atoms with van der Waals surface area (Å²) in [5.74, 6) is -2.67. The summed E-state index contributed by atoms with van der Waals surface area (Å²) >= 11 is 0. The van der Waals surface area contributed by atoms with Crippen LogP contribution in [0.25, 0.3) is 0 Å². The van der Waals surface area contributed by atoms with Gasteiger partial charge >= 0.3 is 0 Å². The smallest absolute Gasteiger partial charge is 0.216 e. The molecule has 0 aromatic heterocycles. The van der Waals surface area contributed by atoms with Gasteiger partial charge in [0.05, 0.1) is 11.9 Å². The highest BCUT2D eigenvalue weighted by atomic mass is 32.2. The van der Waals surface area contributed by atoms with Crippen LogP contribution >= 0.6 is 0 Å². The lowest BCUT2D eigenvalue weighted by atomic mass is 10.1. The highest BCUT2D eigenvalue weighted by Gasteiger charge is 2.19. The zero-order chi connectivity index (χ0) is 17.0. The third-order valence-electron chi connectivity index (χ3n) is 3.32. The summed E-state index contributed by atoms with van der Waals surface area (Å²) in [5, 5.41) is 10.0. The molecule has 0 aliphatic heterocycles. The Balaban J connectivity index is 2.04. The van der Waals surface area contributed by atoms with E-state index in [4.69, 9.17) is 0 Å². The first-order valence-electron chi connectivity index (χ1n) is 6.93. The molecule has 7 heteroatoms. The molecule has 124 valence electrons. The van der Waals surface area contributed by atoms with Crippen LogP contribution < -0.4 is 4.72 Å². The molecule has 0 saturated carbocycles. The lowest BCUT2D eigenvalue weighted by Crippen LogP contribution is -2.30. The molecule has 0 unspecified atom stereocenters. The van der Waals surface area contributed by atoms with Gasteiger partial charge in [-0.1, -0.05) is 35.9 Å². The maximum atomic E-state index is 13.5.